The number of aryl methyl sites for hydroxylation is 2. The zero-order valence-corrected chi connectivity index (χ0v) is 16.3. The van der Waals surface area contributed by atoms with Crippen LogP contribution < -0.4 is 5.32 Å². The molecule has 1 fully saturated rings. The molecule has 3 aromatic rings. The minimum Gasteiger partial charge on any atom is -0.349 e. The number of hydrogen-bond donors (Lipinski definition) is 1. The predicted molar refractivity (Wildman–Crippen MR) is 107 cm³/mol. The second-order valence-corrected chi connectivity index (χ2v) is 7.88. The third-order valence-corrected chi connectivity index (χ3v) is 5.58. The zero-order valence-electron chi connectivity index (χ0n) is 15.5. The van der Waals surface area contributed by atoms with Gasteiger partial charge in [-0.05, 0) is 56.5 Å². The average Bonchev–Trinajstić information content (AvgIpc) is 3.42. The van der Waals surface area contributed by atoms with E-state index in [2.05, 4.69) is 51.3 Å². The van der Waals surface area contributed by atoms with E-state index in [1.54, 1.807) is 11.8 Å². The number of rotatable bonds is 6. The molecule has 5 nitrogen and oxygen atoms in total. The summed E-state index contributed by atoms with van der Waals surface area (Å²) >= 11 is 1.64. The normalized spacial score (nSPS) is 13.6. The number of aromatic nitrogens is 3. The van der Waals surface area contributed by atoms with Crippen molar-refractivity contribution in [3.63, 3.8) is 0 Å². The molecule has 4 rings (SSSR count). The lowest BCUT2D eigenvalue weighted by molar-refractivity contribution is 0.0951. The number of amides is 1. The van der Waals surface area contributed by atoms with Crippen molar-refractivity contribution in [3.8, 4) is 5.69 Å². The summed E-state index contributed by atoms with van der Waals surface area (Å²) in [4.78, 5) is 12.1. The Hall–Kier alpha value is -2.60. The van der Waals surface area contributed by atoms with Crippen molar-refractivity contribution >= 4 is 17.7 Å². The van der Waals surface area contributed by atoms with E-state index < -0.39 is 0 Å². The molecular formula is C21H22N4OS. The molecule has 0 bridgehead atoms. The van der Waals surface area contributed by atoms with Gasteiger partial charge in [-0.25, -0.2) is 0 Å². The second-order valence-electron chi connectivity index (χ2n) is 6.93. The molecule has 1 saturated carbocycles. The summed E-state index contributed by atoms with van der Waals surface area (Å²) in [5.74, 6) is 1.66. The molecule has 2 aromatic carbocycles. The molecular weight excluding hydrogens is 356 g/mol. The molecule has 1 N–H and O–H groups in total. The Morgan fingerprint density at radius 3 is 2.44 bits per heavy atom. The van der Waals surface area contributed by atoms with Crippen LogP contribution in [-0.4, -0.2) is 26.7 Å². The van der Waals surface area contributed by atoms with Crippen LogP contribution >= 0.6 is 11.8 Å². The molecule has 1 amide bonds. The fourth-order valence-electron chi connectivity index (χ4n) is 2.82. The molecule has 138 valence electrons. The van der Waals surface area contributed by atoms with Crippen LogP contribution in [0.25, 0.3) is 5.69 Å². The van der Waals surface area contributed by atoms with E-state index in [-0.39, 0.29) is 5.91 Å². The fraction of sp³-hybridized carbons (Fsp3) is 0.286. The van der Waals surface area contributed by atoms with Gasteiger partial charge in [0.2, 0.25) is 0 Å². The molecule has 6 heteroatoms. The minimum absolute atomic E-state index is 0.0199. The highest BCUT2D eigenvalue weighted by atomic mass is 32.2. The lowest BCUT2D eigenvalue weighted by Gasteiger charge is -2.09. The fourth-order valence-corrected chi connectivity index (χ4v) is 3.78. The maximum Gasteiger partial charge on any atom is 0.251 e. The van der Waals surface area contributed by atoms with Crippen molar-refractivity contribution in [2.24, 2.45) is 0 Å². The second kappa shape index (κ2) is 7.56. The number of carbonyl (C=O) groups is 1. The molecule has 0 saturated heterocycles. The van der Waals surface area contributed by atoms with Crippen molar-refractivity contribution < 1.29 is 4.79 Å². The molecule has 0 aliphatic heterocycles. The van der Waals surface area contributed by atoms with E-state index >= 15 is 0 Å². The van der Waals surface area contributed by atoms with Crippen molar-refractivity contribution in [3.05, 3.63) is 71.0 Å². The molecule has 1 heterocycles. The quantitative estimate of drug-likeness (QED) is 0.657. The zero-order chi connectivity index (χ0) is 18.8. The molecule has 1 aliphatic rings. The summed E-state index contributed by atoms with van der Waals surface area (Å²) in [5, 5.41) is 12.4. The van der Waals surface area contributed by atoms with Crippen molar-refractivity contribution in [2.75, 3.05) is 0 Å². The van der Waals surface area contributed by atoms with E-state index in [1.165, 1.54) is 5.56 Å². The van der Waals surface area contributed by atoms with Gasteiger partial charge in [-0.15, -0.1) is 10.2 Å². The SMILES string of the molecule is Cc1ccc(-n2c(C)nnc2SCc2ccc(C(=O)NC3CC3)cc2)cc1. The van der Waals surface area contributed by atoms with Gasteiger partial charge in [0.25, 0.3) is 5.91 Å². The van der Waals surface area contributed by atoms with E-state index in [1.807, 2.05) is 31.2 Å². The lowest BCUT2D eigenvalue weighted by Crippen LogP contribution is -2.25. The van der Waals surface area contributed by atoms with E-state index in [4.69, 9.17) is 0 Å². The highest BCUT2D eigenvalue weighted by molar-refractivity contribution is 7.98. The molecule has 0 unspecified atom stereocenters. The monoisotopic (exact) mass is 378 g/mol. The highest BCUT2D eigenvalue weighted by Crippen LogP contribution is 2.25. The van der Waals surface area contributed by atoms with Crippen molar-refractivity contribution in [1.82, 2.24) is 20.1 Å². The van der Waals surface area contributed by atoms with Crippen LogP contribution in [0.2, 0.25) is 0 Å². The number of hydrogen-bond acceptors (Lipinski definition) is 4. The van der Waals surface area contributed by atoms with Crippen LogP contribution in [0.4, 0.5) is 0 Å². The Kier molecular flexibility index (Phi) is 4.99. The van der Waals surface area contributed by atoms with Crippen molar-refractivity contribution in [2.45, 2.75) is 43.6 Å². The summed E-state index contributed by atoms with van der Waals surface area (Å²) in [7, 11) is 0. The van der Waals surface area contributed by atoms with Crippen LogP contribution in [0.15, 0.2) is 53.7 Å². The maximum absolute atomic E-state index is 12.1. The smallest absolute Gasteiger partial charge is 0.251 e. The van der Waals surface area contributed by atoms with Crippen LogP contribution in [0.5, 0.6) is 0 Å². The highest BCUT2D eigenvalue weighted by Gasteiger charge is 2.23. The number of nitrogens with one attached hydrogen (secondary N) is 1. The first-order valence-electron chi connectivity index (χ1n) is 9.12. The molecule has 0 radical (unpaired) electrons. The predicted octanol–water partition coefficient (Wildman–Crippen LogP) is 4.07. The van der Waals surface area contributed by atoms with Crippen molar-refractivity contribution in [1.29, 1.82) is 0 Å². The Bertz CT molecular complexity index is 943. The van der Waals surface area contributed by atoms with E-state index in [0.29, 0.717) is 11.6 Å². The molecule has 1 aliphatic carbocycles. The van der Waals surface area contributed by atoms with Gasteiger partial charge in [0.15, 0.2) is 5.16 Å². The van der Waals surface area contributed by atoms with Gasteiger partial charge < -0.3 is 5.32 Å². The first-order chi connectivity index (χ1) is 13.1. The summed E-state index contributed by atoms with van der Waals surface area (Å²) in [6.45, 7) is 4.04. The third kappa shape index (κ3) is 4.22. The van der Waals surface area contributed by atoms with Crippen LogP contribution in [0.1, 0.15) is 40.2 Å². The molecule has 1 aromatic heterocycles. The van der Waals surface area contributed by atoms with E-state index in [9.17, 15) is 4.79 Å². The number of benzene rings is 2. The third-order valence-electron chi connectivity index (χ3n) is 4.58. The largest absolute Gasteiger partial charge is 0.349 e. The summed E-state index contributed by atoms with van der Waals surface area (Å²) in [5.41, 5.74) is 4.16. The molecule has 0 spiro atoms. The van der Waals surface area contributed by atoms with E-state index in [0.717, 1.165) is 40.8 Å². The Morgan fingerprint density at radius 1 is 1.07 bits per heavy atom. The van der Waals surface area contributed by atoms with Gasteiger partial charge in [-0.1, -0.05) is 41.6 Å². The Morgan fingerprint density at radius 2 is 1.78 bits per heavy atom. The first-order valence-corrected chi connectivity index (χ1v) is 10.1. The minimum atomic E-state index is 0.0199. The average molecular weight is 379 g/mol. The Labute approximate surface area is 163 Å². The standard InChI is InChI=1S/C21H22N4OS/c1-14-3-11-19(12-4-14)25-15(2)23-24-21(25)27-13-16-5-7-17(8-6-16)20(26)22-18-9-10-18/h3-8,11-12,18H,9-10,13H2,1-2H3,(H,22,26). The van der Waals surface area contributed by atoms with Gasteiger partial charge in [-0.3, -0.25) is 9.36 Å². The number of thioether (sulfide) groups is 1. The van der Waals surface area contributed by atoms with Crippen LogP contribution in [0.3, 0.4) is 0 Å². The molecule has 0 atom stereocenters. The number of nitrogens with zero attached hydrogens (tertiary/aromatic N) is 3. The topological polar surface area (TPSA) is 59.8 Å². The van der Waals surface area contributed by atoms with Gasteiger partial charge in [0, 0.05) is 23.0 Å². The summed E-state index contributed by atoms with van der Waals surface area (Å²) < 4.78 is 2.07. The summed E-state index contributed by atoms with van der Waals surface area (Å²) in [6.07, 6.45) is 2.20. The first kappa shape index (κ1) is 17.8. The van der Waals surface area contributed by atoms with Crippen LogP contribution in [-0.2, 0) is 5.75 Å². The van der Waals surface area contributed by atoms with Crippen LogP contribution in [0, 0.1) is 13.8 Å². The van der Waals surface area contributed by atoms with Gasteiger partial charge in [0.1, 0.15) is 5.82 Å². The van der Waals surface area contributed by atoms with Gasteiger partial charge in [0.05, 0.1) is 0 Å². The van der Waals surface area contributed by atoms with Gasteiger partial charge >= 0.3 is 0 Å². The number of carbonyl (C=O) groups excluding carboxylic acids is 1. The van der Waals surface area contributed by atoms with Gasteiger partial charge in [-0.2, -0.15) is 0 Å². The Balaban J connectivity index is 1.44. The molecule has 27 heavy (non-hydrogen) atoms. The maximum atomic E-state index is 12.1. The lowest BCUT2D eigenvalue weighted by atomic mass is 10.1. The summed E-state index contributed by atoms with van der Waals surface area (Å²) in [6, 6.07) is 16.5.